The van der Waals surface area contributed by atoms with E-state index in [2.05, 4.69) is 9.97 Å². The van der Waals surface area contributed by atoms with Crippen LogP contribution in [0.1, 0.15) is 29.4 Å². The average Bonchev–Trinajstić information content (AvgIpc) is 2.57. The van der Waals surface area contributed by atoms with Gasteiger partial charge >= 0.3 is 5.97 Å². The molecule has 1 heterocycles. The maximum Gasteiger partial charge on any atom is 0.338 e. The molecule has 2 aromatic rings. The van der Waals surface area contributed by atoms with Gasteiger partial charge in [0, 0.05) is 11.8 Å². The van der Waals surface area contributed by atoms with Gasteiger partial charge in [-0.2, -0.15) is 4.98 Å². The third kappa shape index (κ3) is 3.94. The fourth-order valence-electron chi connectivity index (χ4n) is 2.20. The molecular formula is C18H20N2O3. The molecule has 0 radical (unpaired) electrons. The molecule has 1 aromatic carbocycles. The highest BCUT2D eigenvalue weighted by Gasteiger charge is 2.15. The smallest absolute Gasteiger partial charge is 0.338 e. The van der Waals surface area contributed by atoms with Crippen LogP contribution in [0.3, 0.4) is 0 Å². The first-order valence-corrected chi connectivity index (χ1v) is 7.32. The summed E-state index contributed by atoms with van der Waals surface area (Å²) in [5.74, 6) is 0.837. The SMILES string of the molecule is C/C=C(/C(=O)OC)c1ccccc1COc1nc(C)ncc1C. The Hall–Kier alpha value is -2.69. The van der Waals surface area contributed by atoms with Crippen LogP contribution < -0.4 is 4.74 Å². The fourth-order valence-corrected chi connectivity index (χ4v) is 2.20. The van der Waals surface area contributed by atoms with E-state index in [1.807, 2.05) is 45.0 Å². The number of aryl methyl sites for hydroxylation is 2. The maximum absolute atomic E-state index is 11.9. The molecule has 0 atom stereocenters. The van der Waals surface area contributed by atoms with Gasteiger partial charge in [0.2, 0.25) is 5.88 Å². The quantitative estimate of drug-likeness (QED) is 0.626. The first kappa shape index (κ1) is 16.7. The Balaban J connectivity index is 2.27. The van der Waals surface area contributed by atoms with E-state index in [1.165, 1.54) is 7.11 Å². The van der Waals surface area contributed by atoms with Crippen molar-refractivity contribution in [3.8, 4) is 5.88 Å². The van der Waals surface area contributed by atoms with E-state index in [-0.39, 0.29) is 5.97 Å². The minimum Gasteiger partial charge on any atom is -0.472 e. The highest BCUT2D eigenvalue weighted by molar-refractivity contribution is 6.16. The molecule has 0 aliphatic heterocycles. The van der Waals surface area contributed by atoms with Gasteiger partial charge in [-0.15, -0.1) is 0 Å². The van der Waals surface area contributed by atoms with Crippen molar-refractivity contribution in [1.82, 2.24) is 9.97 Å². The zero-order valence-corrected chi connectivity index (χ0v) is 13.8. The van der Waals surface area contributed by atoms with Crippen LogP contribution in [-0.2, 0) is 16.1 Å². The lowest BCUT2D eigenvalue weighted by molar-refractivity contribution is -0.133. The molecule has 0 aliphatic carbocycles. The fraction of sp³-hybridized carbons (Fsp3) is 0.278. The van der Waals surface area contributed by atoms with Gasteiger partial charge in [-0.05, 0) is 31.9 Å². The molecule has 5 nitrogen and oxygen atoms in total. The topological polar surface area (TPSA) is 61.3 Å². The highest BCUT2D eigenvalue weighted by Crippen LogP contribution is 2.23. The summed E-state index contributed by atoms with van der Waals surface area (Å²) in [6.45, 7) is 5.82. The Morgan fingerprint density at radius 1 is 1.26 bits per heavy atom. The van der Waals surface area contributed by atoms with E-state index in [0.29, 0.717) is 23.9 Å². The number of carbonyl (C=O) groups excluding carboxylic acids is 1. The largest absolute Gasteiger partial charge is 0.472 e. The van der Waals surface area contributed by atoms with Crippen molar-refractivity contribution < 1.29 is 14.3 Å². The summed E-state index contributed by atoms with van der Waals surface area (Å²) < 4.78 is 10.7. The van der Waals surface area contributed by atoms with Gasteiger partial charge in [-0.1, -0.05) is 30.3 Å². The number of allylic oxidation sites excluding steroid dienone is 1. The molecule has 0 saturated carbocycles. The number of nitrogens with zero attached hydrogens (tertiary/aromatic N) is 2. The summed E-state index contributed by atoms with van der Waals surface area (Å²) in [5, 5.41) is 0. The van der Waals surface area contributed by atoms with Crippen LogP contribution >= 0.6 is 0 Å². The molecule has 0 bridgehead atoms. The molecule has 5 heteroatoms. The molecule has 2 rings (SSSR count). The number of methoxy groups -OCH3 is 1. The molecule has 0 unspecified atom stereocenters. The predicted molar refractivity (Wildman–Crippen MR) is 87.9 cm³/mol. The zero-order valence-electron chi connectivity index (χ0n) is 13.8. The van der Waals surface area contributed by atoms with Crippen LogP contribution in [0.25, 0.3) is 5.57 Å². The molecule has 1 aromatic heterocycles. The van der Waals surface area contributed by atoms with Crippen LogP contribution in [-0.4, -0.2) is 23.0 Å². The van der Waals surface area contributed by atoms with Crippen molar-refractivity contribution in [2.24, 2.45) is 0 Å². The summed E-state index contributed by atoms with van der Waals surface area (Å²) in [5.41, 5.74) is 3.07. The third-order valence-corrected chi connectivity index (χ3v) is 3.41. The van der Waals surface area contributed by atoms with Crippen molar-refractivity contribution in [3.63, 3.8) is 0 Å². The van der Waals surface area contributed by atoms with E-state index in [4.69, 9.17) is 9.47 Å². The Morgan fingerprint density at radius 2 is 2.00 bits per heavy atom. The molecule has 23 heavy (non-hydrogen) atoms. The van der Waals surface area contributed by atoms with Gasteiger partial charge in [-0.3, -0.25) is 0 Å². The van der Waals surface area contributed by atoms with Crippen LogP contribution in [0, 0.1) is 13.8 Å². The Kier molecular flexibility index (Phi) is 5.46. The molecule has 0 spiro atoms. The van der Waals surface area contributed by atoms with E-state index in [9.17, 15) is 4.79 Å². The van der Waals surface area contributed by atoms with Crippen LogP contribution in [0.4, 0.5) is 0 Å². The van der Waals surface area contributed by atoms with E-state index < -0.39 is 0 Å². The molecule has 0 saturated heterocycles. The summed E-state index contributed by atoms with van der Waals surface area (Å²) in [6.07, 6.45) is 3.47. The monoisotopic (exact) mass is 312 g/mol. The Labute approximate surface area is 136 Å². The van der Waals surface area contributed by atoms with Crippen molar-refractivity contribution in [2.75, 3.05) is 7.11 Å². The number of rotatable bonds is 5. The van der Waals surface area contributed by atoms with Crippen molar-refractivity contribution >= 4 is 11.5 Å². The molecule has 0 aliphatic rings. The maximum atomic E-state index is 11.9. The van der Waals surface area contributed by atoms with Gasteiger partial charge in [-0.25, -0.2) is 9.78 Å². The zero-order chi connectivity index (χ0) is 16.8. The van der Waals surface area contributed by atoms with Gasteiger partial charge < -0.3 is 9.47 Å². The standard InChI is InChI=1S/C18H20N2O3/c1-5-15(18(21)22-4)16-9-7-6-8-14(16)11-23-17-12(2)10-19-13(3)20-17/h5-10H,11H2,1-4H3/b15-5+. The number of ether oxygens (including phenoxy) is 2. The molecule has 120 valence electrons. The Morgan fingerprint density at radius 3 is 2.70 bits per heavy atom. The van der Waals surface area contributed by atoms with Crippen molar-refractivity contribution in [2.45, 2.75) is 27.4 Å². The number of benzene rings is 1. The summed E-state index contributed by atoms with van der Waals surface area (Å²) in [4.78, 5) is 20.3. The average molecular weight is 312 g/mol. The second-order valence-electron chi connectivity index (χ2n) is 5.05. The second kappa shape index (κ2) is 7.54. The van der Waals surface area contributed by atoms with E-state index in [1.54, 1.807) is 12.3 Å². The number of esters is 1. The van der Waals surface area contributed by atoms with Crippen LogP contribution in [0.15, 0.2) is 36.5 Å². The predicted octanol–water partition coefficient (Wildman–Crippen LogP) is 3.25. The van der Waals surface area contributed by atoms with Crippen molar-refractivity contribution in [1.29, 1.82) is 0 Å². The molecule has 0 N–H and O–H groups in total. The molecule has 0 fully saturated rings. The van der Waals surface area contributed by atoms with E-state index in [0.717, 1.165) is 16.7 Å². The van der Waals surface area contributed by atoms with Crippen LogP contribution in [0.2, 0.25) is 0 Å². The van der Waals surface area contributed by atoms with Gasteiger partial charge in [0.15, 0.2) is 0 Å². The van der Waals surface area contributed by atoms with Crippen LogP contribution in [0.5, 0.6) is 5.88 Å². The normalized spacial score (nSPS) is 11.2. The van der Waals surface area contributed by atoms with Gasteiger partial charge in [0.05, 0.1) is 12.7 Å². The van der Waals surface area contributed by atoms with E-state index >= 15 is 0 Å². The lowest BCUT2D eigenvalue weighted by Gasteiger charge is -2.13. The number of hydrogen-bond acceptors (Lipinski definition) is 5. The summed E-state index contributed by atoms with van der Waals surface area (Å²) in [7, 11) is 1.37. The third-order valence-electron chi connectivity index (χ3n) is 3.41. The minimum atomic E-state index is -0.367. The Bertz CT molecular complexity index is 739. The summed E-state index contributed by atoms with van der Waals surface area (Å²) >= 11 is 0. The lowest BCUT2D eigenvalue weighted by atomic mass is 10.00. The molecule has 0 amide bonds. The number of aromatic nitrogens is 2. The second-order valence-corrected chi connectivity index (χ2v) is 5.05. The number of hydrogen-bond donors (Lipinski definition) is 0. The molecular weight excluding hydrogens is 292 g/mol. The van der Waals surface area contributed by atoms with Gasteiger partial charge in [0.25, 0.3) is 0 Å². The highest BCUT2D eigenvalue weighted by atomic mass is 16.5. The number of carbonyl (C=O) groups is 1. The summed E-state index contributed by atoms with van der Waals surface area (Å²) in [6, 6.07) is 7.59. The van der Waals surface area contributed by atoms with Gasteiger partial charge in [0.1, 0.15) is 12.4 Å². The minimum absolute atomic E-state index is 0.307. The first-order valence-electron chi connectivity index (χ1n) is 7.32. The lowest BCUT2D eigenvalue weighted by Crippen LogP contribution is -2.08. The van der Waals surface area contributed by atoms with Crippen molar-refractivity contribution in [3.05, 3.63) is 59.1 Å². The first-order chi connectivity index (χ1) is 11.1.